The fourth-order valence-electron chi connectivity index (χ4n) is 2.65. The number of carbonyl (C=O) groups is 1. The first kappa shape index (κ1) is 12.0. The summed E-state index contributed by atoms with van der Waals surface area (Å²) in [6.07, 6.45) is 3.05. The molecule has 2 atom stereocenters. The lowest BCUT2D eigenvalue weighted by Gasteiger charge is -2.28. The molecular formula is C14H18O3. The minimum Gasteiger partial charge on any atom is -0.497 e. The molecule has 0 fully saturated rings. The van der Waals surface area contributed by atoms with E-state index in [-0.39, 0.29) is 11.8 Å². The zero-order valence-electron chi connectivity index (χ0n) is 10.3. The summed E-state index contributed by atoms with van der Waals surface area (Å²) in [5.41, 5.74) is 2.43. The van der Waals surface area contributed by atoms with Crippen molar-refractivity contribution in [2.24, 2.45) is 5.92 Å². The lowest BCUT2D eigenvalue weighted by molar-refractivity contribution is -0.142. The van der Waals surface area contributed by atoms with Gasteiger partial charge < -0.3 is 9.84 Å². The van der Waals surface area contributed by atoms with Crippen molar-refractivity contribution < 1.29 is 14.6 Å². The first-order valence-electron chi connectivity index (χ1n) is 6.03. The van der Waals surface area contributed by atoms with E-state index in [0.717, 1.165) is 25.0 Å². The van der Waals surface area contributed by atoms with Crippen molar-refractivity contribution in [2.75, 3.05) is 7.11 Å². The Labute approximate surface area is 101 Å². The van der Waals surface area contributed by atoms with Gasteiger partial charge in [-0.2, -0.15) is 0 Å². The van der Waals surface area contributed by atoms with Crippen LogP contribution >= 0.6 is 0 Å². The monoisotopic (exact) mass is 234 g/mol. The molecule has 0 radical (unpaired) electrons. The molecule has 92 valence electrons. The zero-order valence-corrected chi connectivity index (χ0v) is 10.3. The van der Waals surface area contributed by atoms with Crippen molar-refractivity contribution in [1.29, 1.82) is 0 Å². The third kappa shape index (κ3) is 2.28. The SMILES string of the molecule is COc1ccc2c(c1)CCCC2C(C)C(=O)O. The highest BCUT2D eigenvalue weighted by Crippen LogP contribution is 2.38. The predicted octanol–water partition coefficient (Wildman–Crippen LogP) is 2.84. The summed E-state index contributed by atoms with van der Waals surface area (Å²) in [4.78, 5) is 11.1. The molecule has 0 saturated heterocycles. The molecule has 0 bridgehead atoms. The van der Waals surface area contributed by atoms with Crippen molar-refractivity contribution in [3.63, 3.8) is 0 Å². The molecule has 0 heterocycles. The molecule has 17 heavy (non-hydrogen) atoms. The van der Waals surface area contributed by atoms with Crippen LogP contribution in [0.4, 0.5) is 0 Å². The molecule has 0 saturated carbocycles. The van der Waals surface area contributed by atoms with Crippen molar-refractivity contribution in [1.82, 2.24) is 0 Å². The molecule has 0 aromatic heterocycles. The van der Waals surface area contributed by atoms with Gasteiger partial charge in [-0.15, -0.1) is 0 Å². The third-order valence-electron chi connectivity index (χ3n) is 3.70. The van der Waals surface area contributed by atoms with Crippen LogP contribution in [0.15, 0.2) is 18.2 Å². The molecule has 0 spiro atoms. The highest BCUT2D eigenvalue weighted by Gasteiger charge is 2.29. The molecular weight excluding hydrogens is 216 g/mol. The Hall–Kier alpha value is -1.51. The lowest BCUT2D eigenvalue weighted by atomic mass is 9.76. The van der Waals surface area contributed by atoms with Crippen LogP contribution in [0.3, 0.4) is 0 Å². The van der Waals surface area contributed by atoms with Gasteiger partial charge in [0.15, 0.2) is 0 Å². The largest absolute Gasteiger partial charge is 0.497 e. The van der Waals surface area contributed by atoms with Gasteiger partial charge in [0, 0.05) is 0 Å². The van der Waals surface area contributed by atoms with Gasteiger partial charge in [-0.3, -0.25) is 4.79 Å². The van der Waals surface area contributed by atoms with E-state index in [1.54, 1.807) is 14.0 Å². The van der Waals surface area contributed by atoms with Crippen LogP contribution in [0.5, 0.6) is 5.75 Å². The quantitative estimate of drug-likeness (QED) is 0.874. The number of carboxylic acid groups (broad SMARTS) is 1. The minimum atomic E-state index is -0.710. The van der Waals surface area contributed by atoms with Crippen LogP contribution in [0.1, 0.15) is 36.8 Å². The highest BCUT2D eigenvalue weighted by molar-refractivity contribution is 5.71. The van der Waals surface area contributed by atoms with Crippen molar-refractivity contribution in [2.45, 2.75) is 32.1 Å². The maximum absolute atomic E-state index is 11.1. The van der Waals surface area contributed by atoms with E-state index < -0.39 is 5.97 Å². The van der Waals surface area contributed by atoms with Gasteiger partial charge in [0.1, 0.15) is 5.75 Å². The van der Waals surface area contributed by atoms with Crippen LogP contribution < -0.4 is 4.74 Å². The Morgan fingerprint density at radius 3 is 2.94 bits per heavy atom. The Morgan fingerprint density at radius 2 is 2.29 bits per heavy atom. The van der Waals surface area contributed by atoms with E-state index in [0.29, 0.717) is 0 Å². The number of fused-ring (bicyclic) bond motifs is 1. The smallest absolute Gasteiger partial charge is 0.306 e. The summed E-state index contributed by atoms with van der Waals surface area (Å²) in [6, 6.07) is 5.99. The Morgan fingerprint density at radius 1 is 1.53 bits per heavy atom. The molecule has 3 nitrogen and oxygen atoms in total. The normalized spacial score (nSPS) is 20.5. The average molecular weight is 234 g/mol. The maximum atomic E-state index is 11.1. The van der Waals surface area contributed by atoms with Gasteiger partial charge in [0.2, 0.25) is 0 Å². The zero-order chi connectivity index (χ0) is 12.4. The van der Waals surface area contributed by atoms with Gasteiger partial charge in [0.05, 0.1) is 13.0 Å². The number of aryl methyl sites for hydroxylation is 1. The van der Waals surface area contributed by atoms with Crippen LogP contribution in [-0.2, 0) is 11.2 Å². The summed E-state index contributed by atoms with van der Waals surface area (Å²) >= 11 is 0. The lowest BCUT2D eigenvalue weighted by Crippen LogP contribution is -2.22. The predicted molar refractivity (Wildman–Crippen MR) is 65.5 cm³/mol. The molecule has 0 amide bonds. The number of aliphatic carboxylic acids is 1. The third-order valence-corrected chi connectivity index (χ3v) is 3.70. The number of carboxylic acids is 1. The number of ether oxygens (including phenoxy) is 1. The molecule has 2 unspecified atom stereocenters. The Bertz CT molecular complexity index is 425. The van der Waals surface area contributed by atoms with Crippen LogP contribution in [-0.4, -0.2) is 18.2 Å². The van der Waals surface area contributed by atoms with Crippen molar-refractivity contribution in [3.8, 4) is 5.75 Å². The van der Waals surface area contributed by atoms with Gasteiger partial charge in [-0.1, -0.05) is 13.0 Å². The molecule has 3 heteroatoms. The van der Waals surface area contributed by atoms with Crippen molar-refractivity contribution >= 4 is 5.97 Å². The average Bonchev–Trinajstić information content (AvgIpc) is 2.36. The van der Waals surface area contributed by atoms with Gasteiger partial charge in [0.25, 0.3) is 0 Å². The number of hydrogen-bond acceptors (Lipinski definition) is 2. The summed E-state index contributed by atoms with van der Waals surface area (Å²) in [5, 5.41) is 9.14. The van der Waals surface area contributed by atoms with Crippen LogP contribution in [0, 0.1) is 5.92 Å². The number of benzene rings is 1. The maximum Gasteiger partial charge on any atom is 0.306 e. The second-order valence-corrected chi connectivity index (χ2v) is 4.69. The number of hydrogen-bond donors (Lipinski definition) is 1. The molecule has 1 N–H and O–H groups in total. The summed E-state index contributed by atoms with van der Waals surface area (Å²) in [6.45, 7) is 1.80. The fraction of sp³-hybridized carbons (Fsp3) is 0.500. The van der Waals surface area contributed by atoms with E-state index in [1.165, 1.54) is 11.1 Å². The molecule has 0 aliphatic heterocycles. The Kier molecular flexibility index (Phi) is 3.36. The standard InChI is InChI=1S/C14H18O3/c1-9(14(15)16)12-5-3-4-10-8-11(17-2)6-7-13(10)12/h6-9,12H,3-5H2,1-2H3,(H,15,16). The van der Waals surface area contributed by atoms with E-state index in [9.17, 15) is 4.79 Å². The van der Waals surface area contributed by atoms with E-state index in [4.69, 9.17) is 9.84 Å². The highest BCUT2D eigenvalue weighted by atomic mass is 16.5. The van der Waals surface area contributed by atoms with E-state index in [1.807, 2.05) is 18.2 Å². The first-order chi connectivity index (χ1) is 8.13. The summed E-state index contributed by atoms with van der Waals surface area (Å²) < 4.78 is 5.21. The summed E-state index contributed by atoms with van der Waals surface area (Å²) in [7, 11) is 1.65. The second-order valence-electron chi connectivity index (χ2n) is 4.69. The van der Waals surface area contributed by atoms with Crippen molar-refractivity contribution in [3.05, 3.63) is 29.3 Å². The Balaban J connectivity index is 2.34. The first-order valence-corrected chi connectivity index (χ1v) is 6.03. The molecule has 2 rings (SSSR count). The van der Waals surface area contributed by atoms with Gasteiger partial charge in [-0.05, 0) is 48.4 Å². The summed E-state index contributed by atoms with van der Waals surface area (Å²) in [5.74, 6) is -0.0318. The molecule has 1 aliphatic rings. The minimum absolute atomic E-state index is 0.141. The molecule has 1 aromatic carbocycles. The molecule has 1 aliphatic carbocycles. The van der Waals surface area contributed by atoms with Crippen LogP contribution in [0.2, 0.25) is 0 Å². The topological polar surface area (TPSA) is 46.5 Å². The second kappa shape index (κ2) is 4.78. The molecule has 1 aromatic rings. The van der Waals surface area contributed by atoms with Gasteiger partial charge in [-0.25, -0.2) is 0 Å². The fourth-order valence-corrected chi connectivity index (χ4v) is 2.65. The number of rotatable bonds is 3. The van der Waals surface area contributed by atoms with E-state index >= 15 is 0 Å². The van der Waals surface area contributed by atoms with Crippen LogP contribution in [0.25, 0.3) is 0 Å². The van der Waals surface area contributed by atoms with E-state index in [2.05, 4.69) is 0 Å². The number of methoxy groups -OCH3 is 1. The van der Waals surface area contributed by atoms with Gasteiger partial charge >= 0.3 is 5.97 Å².